The third kappa shape index (κ3) is 4.01. The number of nitrogens with two attached hydrogens (primary N) is 1. The zero-order valence-corrected chi connectivity index (χ0v) is 15.6. The molecule has 0 bridgehead atoms. The van der Waals surface area contributed by atoms with Crippen molar-refractivity contribution >= 4 is 40.8 Å². The van der Waals surface area contributed by atoms with Crippen LogP contribution in [0.25, 0.3) is 0 Å². The number of nitrogens with one attached hydrogen (secondary N) is 1. The Morgan fingerprint density at radius 2 is 2.27 bits per heavy atom. The van der Waals surface area contributed by atoms with E-state index in [0.29, 0.717) is 18.1 Å². The number of aromatic nitrogens is 1. The van der Waals surface area contributed by atoms with Crippen molar-refractivity contribution < 1.29 is 14.1 Å². The van der Waals surface area contributed by atoms with E-state index in [1.807, 2.05) is 18.2 Å². The highest BCUT2D eigenvalue weighted by Crippen LogP contribution is 2.31. The predicted molar refractivity (Wildman–Crippen MR) is 103 cm³/mol. The molecule has 0 spiro atoms. The van der Waals surface area contributed by atoms with Crippen LogP contribution in [0.4, 0.5) is 17.2 Å². The van der Waals surface area contributed by atoms with Gasteiger partial charge in [0.15, 0.2) is 5.82 Å². The summed E-state index contributed by atoms with van der Waals surface area (Å²) in [6, 6.07) is 7.30. The molecule has 138 valence electrons. The van der Waals surface area contributed by atoms with Gasteiger partial charge in [-0.05, 0) is 44.4 Å². The summed E-state index contributed by atoms with van der Waals surface area (Å²) in [7, 11) is 0. The average Bonchev–Trinajstić information content (AvgIpc) is 3.04. The summed E-state index contributed by atoms with van der Waals surface area (Å²) in [5, 5.41) is 6.03. The molecule has 1 unspecified atom stereocenters. The van der Waals surface area contributed by atoms with Crippen LogP contribution in [0.3, 0.4) is 0 Å². The van der Waals surface area contributed by atoms with Crippen molar-refractivity contribution in [1.29, 1.82) is 0 Å². The summed E-state index contributed by atoms with van der Waals surface area (Å²) in [5.41, 5.74) is 8.67. The van der Waals surface area contributed by atoms with Gasteiger partial charge in [-0.25, -0.2) is 0 Å². The number of thioether (sulfide) groups is 1. The second kappa shape index (κ2) is 7.82. The average molecular weight is 374 g/mol. The molecular weight excluding hydrogens is 352 g/mol. The van der Waals surface area contributed by atoms with Crippen LogP contribution >= 0.6 is 11.8 Å². The normalized spacial score (nSPS) is 14.6. The van der Waals surface area contributed by atoms with Gasteiger partial charge in [-0.15, -0.1) is 11.8 Å². The summed E-state index contributed by atoms with van der Waals surface area (Å²) in [6.07, 6.45) is 1.77. The zero-order chi connectivity index (χ0) is 18.7. The van der Waals surface area contributed by atoms with Gasteiger partial charge >= 0.3 is 0 Å². The van der Waals surface area contributed by atoms with Crippen LogP contribution in [0, 0.1) is 6.92 Å². The minimum Gasteiger partial charge on any atom is -0.398 e. The van der Waals surface area contributed by atoms with E-state index < -0.39 is 0 Å². The molecule has 1 atom stereocenters. The SMILES string of the molecule is Cc1cc(NC(=O)C(C)SCC(=O)N2CCCc3c(N)cccc32)no1. The predicted octanol–water partition coefficient (Wildman–Crippen LogP) is 2.60. The fourth-order valence-corrected chi connectivity index (χ4v) is 3.67. The first kappa shape index (κ1) is 18.3. The highest BCUT2D eigenvalue weighted by atomic mass is 32.2. The molecule has 1 aliphatic rings. The van der Waals surface area contributed by atoms with Crippen LogP contribution in [-0.4, -0.2) is 34.5 Å². The fraction of sp³-hybridized carbons (Fsp3) is 0.389. The van der Waals surface area contributed by atoms with Crippen LogP contribution in [-0.2, 0) is 16.0 Å². The molecule has 26 heavy (non-hydrogen) atoms. The highest BCUT2D eigenvalue weighted by Gasteiger charge is 2.25. The summed E-state index contributed by atoms with van der Waals surface area (Å²) in [4.78, 5) is 26.6. The van der Waals surface area contributed by atoms with Gasteiger partial charge in [0.25, 0.3) is 0 Å². The maximum atomic E-state index is 12.7. The number of benzene rings is 1. The molecule has 1 aromatic heterocycles. The number of nitrogens with zero attached hydrogens (tertiary/aromatic N) is 2. The number of aryl methyl sites for hydroxylation is 1. The number of amides is 2. The Morgan fingerprint density at radius 3 is 3.00 bits per heavy atom. The van der Waals surface area contributed by atoms with Gasteiger partial charge in [0.05, 0.1) is 11.0 Å². The molecule has 3 N–H and O–H groups in total. The number of anilines is 3. The van der Waals surface area contributed by atoms with Crippen LogP contribution in [0.1, 0.15) is 24.7 Å². The first-order chi connectivity index (χ1) is 12.5. The van der Waals surface area contributed by atoms with Crippen molar-refractivity contribution in [2.75, 3.05) is 28.2 Å². The molecule has 0 fully saturated rings. The maximum Gasteiger partial charge on any atom is 0.238 e. The van der Waals surface area contributed by atoms with Crippen LogP contribution < -0.4 is 16.0 Å². The monoisotopic (exact) mass is 374 g/mol. The lowest BCUT2D eigenvalue weighted by molar-refractivity contribution is -0.116. The van der Waals surface area contributed by atoms with Gasteiger partial charge in [-0.2, -0.15) is 0 Å². The number of rotatable bonds is 5. The number of carbonyl (C=O) groups excluding carboxylic acids is 2. The number of hydrogen-bond acceptors (Lipinski definition) is 6. The van der Waals surface area contributed by atoms with E-state index >= 15 is 0 Å². The molecule has 1 aliphatic heterocycles. The van der Waals surface area contributed by atoms with Gasteiger partial charge < -0.3 is 20.5 Å². The van der Waals surface area contributed by atoms with Crippen molar-refractivity contribution in [2.45, 2.75) is 31.9 Å². The lowest BCUT2D eigenvalue weighted by Gasteiger charge is -2.30. The lowest BCUT2D eigenvalue weighted by atomic mass is 10.00. The van der Waals surface area contributed by atoms with E-state index in [1.165, 1.54) is 11.8 Å². The lowest BCUT2D eigenvalue weighted by Crippen LogP contribution is -2.37. The van der Waals surface area contributed by atoms with Crippen molar-refractivity contribution in [1.82, 2.24) is 5.16 Å². The summed E-state index contributed by atoms with van der Waals surface area (Å²) < 4.78 is 4.92. The van der Waals surface area contributed by atoms with Crippen molar-refractivity contribution in [2.24, 2.45) is 0 Å². The second-order valence-electron chi connectivity index (χ2n) is 6.26. The fourth-order valence-electron chi connectivity index (χ4n) is 2.91. The molecule has 2 heterocycles. The van der Waals surface area contributed by atoms with E-state index in [0.717, 1.165) is 29.8 Å². The number of hydrogen-bond donors (Lipinski definition) is 2. The Bertz CT molecular complexity index is 821. The first-order valence-corrected chi connectivity index (χ1v) is 9.54. The molecule has 1 aromatic carbocycles. The number of fused-ring (bicyclic) bond motifs is 1. The Labute approximate surface area is 156 Å². The van der Waals surface area contributed by atoms with Crippen molar-refractivity contribution in [3.05, 3.63) is 35.6 Å². The molecular formula is C18H22N4O3S. The maximum absolute atomic E-state index is 12.7. The van der Waals surface area contributed by atoms with Gasteiger partial charge in [-0.1, -0.05) is 11.2 Å². The third-order valence-corrected chi connectivity index (χ3v) is 5.42. The van der Waals surface area contributed by atoms with Gasteiger partial charge in [0.1, 0.15) is 5.76 Å². The number of nitrogen functional groups attached to an aromatic ring is 1. The first-order valence-electron chi connectivity index (χ1n) is 8.49. The zero-order valence-electron chi connectivity index (χ0n) is 14.8. The molecule has 7 nitrogen and oxygen atoms in total. The van der Waals surface area contributed by atoms with Gasteiger partial charge in [0, 0.05) is 24.0 Å². The second-order valence-corrected chi connectivity index (χ2v) is 7.59. The molecule has 2 aromatic rings. The van der Waals surface area contributed by atoms with E-state index in [2.05, 4.69) is 10.5 Å². The van der Waals surface area contributed by atoms with E-state index in [4.69, 9.17) is 10.3 Å². The highest BCUT2D eigenvalue weighted by molar-refractivity contribution is 8.01. The number of carbonyl (C=O) groups is 2. The van der Waals surface area contributed by atoms with Gasteiger partial charge in [0.2, 0.25) is 11.8 Å². The van der Waals surface area contributed by atoms with E-state index in [1.54, 1.807) is 24.8 Å². The molecule has 2 amide bonds. The molecule has 8 heteroatoms. The van der Waals surface area contributed by atoms with E-state index in [9.17, 15) is 9.59 Å². The summed E-state index contributed by atoms with van der Waals surface area (Å²) >= 11 is 1.30. The van der Waals surface area contributed by atoms with Gasteiger partial charge in [-0.3, -0.25) is 9.59 Å². The van der Waals surface area contributed by atoms with Crippen molar-refractivity contribution in [3.63, 3.8) is 0 Å². The Balaban J connectivity index is 1.57. The minimum atomic E-state index is -0.388. The quantitative estimate of drug-likeness (QED) is 0.780. The van der Waals surface area contributed by atoms with Crippen LogP contribution in [0.5, 0.6) is 0 Å². The Kier molecular flexibility index (Phi) is 5.51. The summed E-state index contributed by atoms with van der Waals surface area (Å²) in [5.74, 6) is 1.00. The molecule has 0 saturated carbocycles. The van der Waals surface area contributed by atoms with E-state index in [-0.39, 0.29) is 22.8 Å². The van der Waals surface area contributed by atoms with Crippen molar-refractivity contribution in [3.8, 4) is 0 Å². The molecule has 0 aliphatic carbocycles. The standard InChI is InChI=1S/C18H22N4O3S/c1-11-9-16(21-25-11)20-18(24)12(2)26-10-17(23)22-8-4-5-13-14(19)6-3-7-15(13)22/h3,6-7,9,12H,4-5,8,10,19H2,1-2H3,(H,20,21,24). The van der Waals surface area contributed by atoms with Crippen LogP contribution in [0.2, 0.25) is 0 Å². The van der Waals surface area contributed by atoms with Crippen LogP contribution in [0.15, 0.2) is 28.8 Å². The molecule has 0 radical (unpaired) electrons. The Morgan fingerprint density at radius 1 is 1.46 bits per heavy atom. The molecule has 3 rings (SSSR count). The topological polar surface area (TPSA) is 101 Å². The summed E-state index contributed by atoms with van der Waals surface area (Å²) in [6.45, 7) is 4.19. The molecule has 0 saturated heterocycles. The minimum absolute atomic E-state index is 0.0153. The largest absolute Gasteiger partial charge is 0.398 e. The third-order valence-electron chi connectivity index (χ3n) is 4.29. The Hall–Kier alpha value is -2.48. The smallest absolute Gasteiger partial charge is 0.238 e.